The average Bonchev–Trinajstić information content (AvgIpc) is 2.41. The smallest absolute Gasteiger partial charge is 0.354 e. The van der Waals surface area contributed by atoms with Gasteiger partial charge in [-0.2, -0.15) is 0 Å². The van der Waals surface area contributed by atoms with Gasteiger partial charge in [-0.05, 0) is 18.2 Å². The Kier molecular flexibility index (Phi) is 3.94. The second-order valence-electron chi connectivity index (χ2n) is 3.64. The molecule has 0 aliphatic rings. The minimum atomic E-state index is -1.21. The number of ether oxygens (including phenoxy) is 1. The second-order valence-corrected chi connectivity index (χ2v) is 4.55. The van der Waals surface area contributed by atoms with E-state index >= 15 is 0 Å². The van der Waals surface area contributed by atoms with Crippen LogP contribution in [0.1, 0.15) is 10.5 Å². The Bertz CT molecular complexity index is 689. The molecular formula is C12H7BrN2O5. The predicted molar refractivity (Wildman–Crippen MR) is 72.1 cm³/mol. The molecule has 2 aromatic rings. The lowest BCUT2D eigenvalue weighted by molar-refractivity contribution is -0.385. The van der Waals surface area contributed by atoms with Gasteiger partial charge in [0.05, 0.1) is 4.92 Å². The van der Waals surface area contributed by atoms with Crippen LogP contribution in [0, 0.1) is 10.1 Å². The topological polar surface area (TPSA) is 103 Å². The average molecular weight is 339 g/mol. The van der Waals surface area contributed by atoms with Crippen LogP contribution in [-0.2, 0) is 0 Å². The molecule has 0 bridgehead atoms. The molecule has 0 spiro atoms. The van der Waals surface area contributed by atoms with E-state index < -0.39 is 10.9 Å². The van der Waals surface area contributed by atoms with Crippen molar-refractivity contribution in [2.45, 2.75) is 0 Å². The number of nitrogens with zero attached hydrogens (tertiary/aromatic N) is 2. The first kappa shape index (κ1) is 13.9. The molecule has 0 aliphatic carbocycles. The van der Waals surface area contributed by atoms with Gasteiger partial charge in [0.25, 0.3) is 0 Å². The molecule has 0 radical (unpaired) electrons. The van der Waals surface area contributed by atoms with Crippen molar-refractivity contribution in [3.63, 3.8) is 0 Å². The van der Waals surface area contributed by atoms with Crippen molar-refractivity contribution in [3.05, 3.63) is 56.7 Å². The van der Waals surface area contributed by atoms with Gasteiger partial charge in [0.15, 0.2) is 5.69 Å². The molecule has 8 heteroatoms. The zero-order valence-electron chi connectivity index (χ0n) is 9.82. The summed E-state index contributed by atoms with van der Waals surface area (Å²) in [6, 6.07) is 8.41. The third kappa shape index (κ3) is 3.09. The minimum absolute atomic E-state index is 0.0201. The number of carboxylic acids is 1. The molecule has 0 saturated carbocycles. The van der Waals surface area contributed by atoms with Crippen LogP contribution in [0.3, 0.4) is 0 Å². The number of benzene rings is 1. The molecule has 0 fully saturated rings. The van der Waals surface area contributed by atoms with Crippen LogP contribution in [0.2, 0.25) is 0 Å². The van der Waals surface area contributed by atoms with Gasteiger partial charge >= 0.3 is 11.7 Å². The zero-order chi connectivity index (χ0) is 14.7. The molecule has 0 aliphatic heterocycles. The second kappa shape index (κ2) is 5.66. The van der Waals surface area contributed by atoms with Crippen LogP contribution < -0.4 is 4.74 Å². The predicted octanol–water partition coefficient (Wildman–Crippen LogP) is 3.24. The highest BCUT2D eigenvalue weighted by atomic mass is 79.9. The Balaban J connectivity index is 2.37. The van der Waals surface area contributed by atoms with Gasteiger partial charge in [0.1, 0.15) is 0 Å². The summed E-state index contributed by atoms with van der Waals surface area (Å²) in [6.07, 6.45) is 0. The first-order valence-corrected chi connectivity index (χ1v) is 6.09. The summed E-state index contributed by atoms with van der Waals surface area (Å²) >= 11 is 3.13. The highest BCUT2D eigenvalue weighted by molar-refractivity contribution is 9.10. The fourth-order valence-electron chi connectivity index (χ4n) is 1.42. The molecule has 0 saturated heterocycles. The number of hydrogen-bond acceptors (Lipinski definition) is 5. The highest BCUT2D eigenvalue weighted by Gasteiger charge is 2.17. The lowest BCUT2D eigenvalue weighted by atomic mass is 10.3. The van der Waals surface area contributed by atoms with Crippen LogP contribution in [0.25, 0.3) is 0 Å². The molecular weight excluding hydrogens is 332 g/mol. The summed E-state index contributed by atoms with van der Waals surface area (Å²) in [6.45, 7) is 0. The van der Waals surface area contributed by atoms with E-state index in [1.165, 1.54) is 30.3 Å². The van der Waals surface area contributed by atoms with E-state index in [1.54, 1.807) is 6.07 Å². The van der Waals surface area contributed by atoms with Crippen LogP contribution >= 0.6 is 15.9 Å². The molecule has 1 N–H and O–H groups in total. The molecule has 20 heavy (non-hydrogen) atoms. The fourth-order valence-corrected chi connectivity index (χ4v) is 1.77. The molecule has 1 aromatic carbocycles. The van der Waals surface area contributed by atoms with E-state index in [-0.39, 0.29) is 23.0 Å². The number of aromatic carboxylic acids is 1. The zero-order valence-corrected chi connectivity index (χ0v) is 11.4. The maximum Gasteiger partial charge on any atom is 0.354 e. The number of hydrogen-bond donors (Lipinski definition) is 1. The van der Waals surface area contributed by atoms with Gasteiger partial charge in [0, 0.05) is 16.6 Å². The number of pyridine rings is 1. The van der Waals surface area contributed by atoms with Gasteiger partial charge in [0.2, 0.25) is 11.6 Å². The van der Waals surface area contributed by atoms with Gasteiger partial charge in [-0.3, -0.25) is 10.1 Å². The Hall–Kier alpha value is -2.48. The molecule has 2 rings (SSSR count). The van der Waals surface area contributed by atoms with E-state index in [2.05, 4.69) is 20.9 Å². The Morgan fingerprint density at radius 1 is 1.35 bits per heavy atom. The summed E-state index contributed by atoms with van der Waals surface area (Å²) in [4.78, 5) is 24.9. The first-order valence-electron chi connectivity index (χ1n) is 5.29. The van der Waals surface area contributed by atoms with Crippen molar-refractivity contribution in [2.24, 2.45) is 0 Å². The number of carboxylic acid groups (broad SMARTS) is 1. The normalized spacial score (nSPS) is 10.1. The molecule has 0 atom stereocenters. The Morgan fingerprint density at radius 3 is 2.75 bits per heavy atom. The van der Waals surface area contributed by atoms with Crippen LogP contribution in [0.5, 0.6) is 11.6 Å². The van der Waals surface area contributed by atoms with Crippen LogP contribution in [-0.4, -0.2) is 21.0 Å². The van der Waals surface area contributed by atoms with Crippen molar-refractivity contribution in [3.8, 4) is 11.6 Å². The Morgan fingerprint density at radius 2 is 2.10 bits per heavy atom. The fraction of sp³-hybridized carbons (Fsp3) is 0. The third-order valence-electron chi connectivity index (χ3n) is 2.27. The molecule has 7 nitrogen and oxygen atoms in total. The third-order valence-corrected chi connectivity index (χ3v) is 2.77. The minimum Gasteiger partial charge on any atom is -0.477 e. The molecule has 102 valence electrons. The monoisotopic (exact) mass is 338 g/mol. The quantitative estimate of drug-likeness (QED) is 0.678. The summed E-state index contributed by atoms with van der Waals surface area (Å²) in [5.41, 5.74) is -0.454. The van der Waals surface area contributed by atoms with Gasteiger partial charge in [-0.1, -0.05) is 22.0 Å². The van der Waals surface area contributed by atoms with E-state index in [4.69, 9.17) is 9.84 Å². The summed E-state index contributed by atoms with van der Waals surface area (Å²) in [5, 5.41) is 19.8. The van der Waals surface area contributed by atoms with E-state index in [9.17, 15) is 14.9 Å². The number of nitro groups is 1. The van der Waals surface area contributed by atoms with E-state index in [0.29, 0.717) is 4.47 Å². The maximum absolute atomic E-state index is 10.9. The van der Waals surface area contributed by atoms with Crippen molar-refractivity contribution in [1.82, 2.24) is 4.98 Å². The van der Waals surface area contributed by atoms with Crippen LogP contribution in [0.15, 0.2) is 40.9 Å². The van der Waals surface area contributed by atoms with Gasteiger partial charge < -0.3 is 9.84 Å². The van der Waals surface area contributed by atoms with Gasteiger partial charge in [-0.25, -0.2) is 9.78 Å². The first-order chi connectivity index (χ1) is 9.47. The SMILES string of the molecule is O=C(O)c1cccc(Oc2ccc(Br)cc2[N+](=O)[O-])n1. The van der Waals surface area contributed by atoms with E-state index in [1.807, 2.05) is 0 Å². The van der Waals surface area contributed by atoms with Crippen molar-refractivity contribution in [1.29, 1.82) is 0 Å². The maximum atomic E-state index is 10.9. The number of carbonyl (C=O) groups is 1. The van der Waals surface area contributed by atoms with Crippen LogP contribution in [0.4, 0.5) is 5.69 Å². The summed E-state index contributed by atoms with van der Waals surface area (Å²) in [7, 11) is 0. The largest absolute Gasteiger partial charge is 0.477 e. The number of nitro benzene ring substituents is 1. The summed E-state index contributed by atoms with van der Waals surface area (Å²) < 4.78 is 5.81. The van der Waals surface area contributed by atoms with Crippen molar-refractivity contribution < 1.29 is 19.6 Å². The van der Waals surface area contributed by atoms with Crippen molar-refractivity contribution in [2.75, 3.05) is 0 Å². The molecule has 1 aromatic heterocycles. The number of aromatic nitrogens is 1. The number of rotatable bonds is 4. The summed E-state index contributed by atoms with van der Waals surface area (Å²) in [5.74, 6) is -1.26. The van der Waals surface area contributed by atoms with Crippen molar-refractivity contribution >= 4 is 27.6 Å². The molecule has 0 unspecified atom stereocenters. The lowest BCUT2D eigenvalue weighted by Gasteiger charge is -2.06. The lowest BCUT2D eigenvalue weighted by Crippen LogP contribution is -2.01. The van der Waals surface area contributed by atoms with Gasteiger partial charge in [-0.15, -0.1) is 0 Å². The standard InChI is InChI=1S/C12H7BrN2O5/c13-7-4-5-10(9(6-7)15(18)19)20-11-3-1-2-8(14-11)12(16)17/h1-6H,(H,16,17). The van der Waals surface area contributed by atoms with E-state index in [0.717, 1.165) is 0 Å². The number of halogens is 1. The molecule has 1 heterocycles. The highest BCUT2D eigenvalue weighted by Crippen LogP contribution is 2.32. The Labute approximate surface area is 121 Å². The molecule has 0 amide bonds.